The lowest BCUT2D eigenvalue weighted by atomic mass is 10.1. The smallest absolute Gasteiger partial charge is 0.358 e. The molecule has 0 N–H and O–H groups in total. The third-order valence-electron chi connectivity index (χ3n) is 5.67. The van der Waals surface area contributed by atoms with Gasteiger partial charge >= 0.3 is 5.97 Å². The molecular weight excluding hydrogens is 408 g/mol. The van der Waals surface area contributed by atoms with Gasteiger partial charge in [0.2, 0.25) is 5.88 Å². The highest BCUT2D eigenvalue weighted by atomic mass is 16.5. The summed E-state index contributed by atoms with van der Waals surface area (Å²) in [7, 11) is 1.33. The van der Waals surface area contributed by atoms with Gasteiger partial charge in [-0.25, -0.2) is 14.8 Å². The summed E-state index contributed by atoms with van der Waals surface area (Å²) in [5.74, 6) is 2.35. The number of anilines is 2. The van der Waals surface area contributed by atoms with Gasteiger partial charge in [-0.05, 0) is 32.9 Å². The minimum atomic E-state index is -0.494. The Kier molecular flexibility index (Phi) is 6.16. The van der Waals surface area contributed by atoms with Gasteiger partial charge in [-0.1, -0.05) is 18.2 Å². The Morgan fingerprint density at radius 3 is 2.47 bits per heavy atom. The Bertz CT molecular complexity index is 1090. The number of methoxy groups -OCH3 is 1. The molecule has 9 heteroatoms. The highest BCUT2D eigenvalue weighted by Gasteiger charge is 2.28. The van der Waals surface area contributed by atoms with Gasteiger partial charge in [-0.3, -0.25) is 0 Å². The van der Waals surface area contributed by atoms with Gasteiger partial charge in [0.05, 0.1) is 19.5 Å². The molecule has 1 aliphatic rings. The number of piperazine rings is 1. The largest absolute Gasteiger partial charge is 0.464 e. The average molecular weight is 435 g/mol. The third-order valence-corrected chi connectivity index (χ3v) is 5.67. The van der Waals surface area contributed by atoms with Crippen molar-refractivity contribution in [2.75, 3.05) is 36.5 Å². The molecule has 0 unspecified atom stereocenters. The second-order valence-corrected chi connectivity index (χ2v) is 7.73. The number of benzene rings is 1. The summed E-state index contributed by atoms with van der Waals surface area (Å²) in [6.45, 7) is 8.45. The van der Waals surface area contributed by atoms with Crippen LogP contribution in [-0.4, -0.2) is 58.9 Å². The minimum absolute atomic E-state index is 0.170. The molecule has 0 radical (unpaired) electrons. The summed E-state index contributed by atoms with van der Waals surface area (Å²) in [6.07, 6.45) is 3.06. The molecule has 32 heavy (non-hydrogen) atoms. The fraction of sp³-hybridized carbons (Fsp3) is 0.348. The van der Waals surface area contributed by atoms with E-state index in [9.17, 15) is 4.79 Å². The Hall–Kier alpha value is -3.75. The van der Waals surface area contributed by atoms with Crippen molar-refractivity contribution in [3.05, 3.63) is 59.5 Å². The van der Waals surface area contributed by atoms with Crippen LogP contribution >= 0.6 is 0 Å². The van der Waals surface area contributed by atoms with E-state index >= 15 is 0 Å². The summed E-state index contributed by atoms with van der Waals surface area (Å²) in [5, 5.41) is 8.84. The van der Waals surface area contributed by atoms with E-state index in [2.05, 4.69) is 41.6 Å². The number of nitrogens with zero attached hydrogens (tertiary/aromatic N) is 6. The van der Waals surface area contributed by atoms with Gasteiger partial charge in [0.25, 0.3) is 0 Å². The minimum Gasteiger partial charge on any atom is -0.464 e. The molecule has 2 aromatic heterocycles. The number of esters is 1. The van der Waals surface area contributed by atoms with Crippen molar-refractivity contribution in [2.24, 2.45) is 0 Å². The molecule has 1 aromatic carbocycles. The lowest BCUT2D eigenvalue weighted by Gasteiger charge is -2.41. The van der Waals surface area contributed by atoms with Crippen LogP contribution < -0.4 is 14.5 Å². The topological polar surface area (TPSA) is 93.6 Å². The summed E-state index contributed by atoms with van der Waals surface area (Å²) < 4.78 is 10.6. The van der Waals surface area contributed by atoms with Crippen molar-refractivity contribution in [1.82, 2.24) is 20.2 Å². The molecule has 0 bridgehead atoms. The fourth-order valence-electron chi connectivity index (χ4n) is 3.74. The second-order valence-electron chi connectivity index (χ2n) is 7.73. The Labute approximate surface area is 187 Å². The van der Waals surface area contributed by atoms with E-state index < -0.39 is 5.97 Å². The first-order valence-corrected chi connectivity index (χ1v) is 10.5. The van der Waals surface area contributed by atoms with Crippen molar-refractivity contribution in [2.45, 2.75) is 26.8 Å². The number of hydrogen-bond acceptors (Lipinski definition) is 9. The van der Waals surface area contributed by atoms with E-state index in [-0.39, 0.29) is 11.7 Å². The van der Waals surface area contributed by atoms with Gasteiger partial charge in [-0.2, -0.15) is 0 Å². The highest BCUT2D eigenvalue weighted by Crippen LogP contribution is 2.30. The van der Waals surface area contributed by atoms with Crippen LogP contribution in [0, 0.1) is 13.8 Å². The predicted octanol–water partition coefficient (Wildman–Crippen LogP) is 3.18. The Morgan fingerprint density at radius 1 is 1.03 bits per heavy atom. The number of aromatic nitrogens is 4. The zero-order valence-corrected chi connectivity index (χ0v) is 18.6. The van der Waals surface area contributed by atoms with E-state index in [1.807, 2.05) is 44.2 Å². The number of carbonyl (C=O) groups is 1. The molecule has 0 aliphatic carbocycles. The average Bonchev–Trinajstić information content (AvgIpc) is 2.82. The van der Waals surface area contributed by atoms with Gasteiger partial charge in [0.15, 0.2) is 11.5 Å². The van der Waals surface area contributed by atoms with E-state index in [1.54, 1.807) is 6.20 Å². The first-order chi connectivity index (χ1) is 15.5. The van der Waals surface area contributed by atoms with E-state index in [0.29, 0.717) is 5.88 Å². The normalized spacial score (nSPS) is 16.1. The summed E-state index contributed by atoms with van der Waals surface area (Å²) in [5.41, 5.74) is 2.22. The standard InChI is InChI=1S/C23H26N6O3/c1-15-14-28(10-11-29(15)20-13-24-19(12-25-20)23(30)31-4)21-16(2)17(3)22(27-26-21)32-18-8-6-5-7-9-18/h5-9,12-13,15H,10-11,14H2,1-4H3/t15-/m1/s1. The molecule has 3 aromatic rings. The van der Waals surface area contributed by atoms with Crippen molar-refractivity contribution in [3.63, 3.8) is 0 Å². The maximum atomic E-state index is 11.6. The molecule has 0 spiro atoms. The van der Waals surface area contributed by atoms with Gasteiger partial charge in [0.1, 0.15) is 11.6 Å². The molecule has 9 nitrogen and oxygen atoms in total. The van der Waals surface area contributed by atoms with E-state index in [0.717, 1.165) is 48.1 Å². The third kappa shape index (κ3) is 4.32. The molecule has 4 rings (SSSR count). The maximum Gasteiger partial charge on any atom is 0.358 e. The second kappa shape index (κ2) is 9.17. The molecule has 0 amide bonds. The highest BCUT2D eigenvalue weighted by molar-refractivity contribution is 5.86. The molecule has 1 aliphatic heterocycles. The number of para-hydroxylation sites is 1. The molecule has 1 fully saturated rings. The Balaban J connectivity index is 1.47. The summed E-state index contributed by atoms with van der Waals surface area (Å²) in [4.78, 5) is 24.6. The molecule has 166 valence electrons. The van der Waals surface area contributed by atoms with Crippen LogP contribution in [0.1, 0.15) is 28.5 Å². The molecule has 1 saturated heterocycles. The molecule has 1 atom stereocenters. The molecule has 3 heterocycles. The first-order valence-electron chi connectivity index (χ1n) is 10.5. The van der Waals surface area contributed by atoms with E-state index in [1.165, 1.54) is 13.3 Å². The monoisotopic (exact) mass is 434 g/mol. The first kappa shape index (κ1) is 21.5. The predicted molar refractivity (Wildman–Crippen MR) is 120 cm³/mol. The lowest BCUT2D eigenvalue weighted by molar-refractivity contribution is 0.0593. The van der Waals surface area contributed by atoms with Crippen LogP contribution in [0.25, 0.3) is 0 Å². The van der Waals surface area contributed by atoms with Gasteiger partial charge in [0, 0.05) is 36.8 Å². The van der Waals surface area contributed by atoms with Crippen LogP contribution in [0.3, 0.4) is 0 Å². The van der Waals surface area contributed by atoms with Crippen molar-refractivity contribution < 1.29 is 14.3 Å². The van der Waals surface area contributed by atoms with Gasteiger partial charge < -0.3 is 19.3 Å². The number of hydrogen-bond donors (Lipinski definition) is 0. The van der Waals surface area contributed by atoms with Crippen LogP contribution in [0.15, 0.2) is 42.7 Å². The van der Waals surface area contributed by atoms with Crippen LogP contribution in [-0.2, 0) is 4.74 Å². The number of ether oxygens (including phenoxy) is 2. The summed E-state index contributed by atoms with van der Waals surface area (Å²) in [6, 6.07) is 9.75. The maximum absolute atomic E-state index is 11.6. The lowest BCUT2D eigenvalue weighted by Crippen LogP contribution is -2.53. The molecular formula is C23H26N6O3. The van der Waals surface area contributed by atoms with Gasteiger partial charge in [-0.15, -0.1) is 10.2 Å². The zero-order chi connectivity index (χ0) is 22.7. The van der Waals surface area contributed by atoms with Crippen LogP contribution in [0.4, 0.5) is 11.6 Å². The number of rotatable bonds is 5. The fourth-order valence-corrected chi connectivity index (χ4v) is 3.74. The zero-order valence-electron chi connectivity index (χ0n) is 18.6. The van der Waals surface area contributed by atoms with Crippen LogP contribution in [0.5, 0.6) is 11.6 Å². The molecule has 0 saturated carbocycles. The van der Waals surface area contributed by atoms with Crippen LogP contribution in [0.2, 0.25) is 0 Å². The van der Waals surface area contributed by atoms with Crippen molar-refractivity contribution in [1.29, 1.82) is 0 Å². The van der Waals surface area contributed by atoms with Crippen molar-refractivity contribution in [3.8, 4) is 11.6 Å². The van der Waals surface area contributed by atoms with Crippen molar-refractivity contribution >= 4 is 17.6 Å². The Morgan fingerprint density at radius 2 is 1.81 bits per heavy atom. The number of carbonyl (C=O) groups excluding carboxylic acids is 1. The quantitative estimate of drug-likeness (QED) is 0.561. The van der Waals surface area contributed by atoms with E-state index in [4.69, 9.17) is 4.74 Å². The summed E-state index contributed by atoms with van der Waals surface area (Å²) >= 11 is 0. The SMILES string of the molecule is COC(=O)c1cnc(N2CCN(c3nnc(Oc4ccccc4)c(C)c3C)C[C@H]2C)cn1.